The fourth-order valence-corrected chi connectivity index (χ4v) is 8.18. The molecule has 0 saturated carbocycles. The van der Waals surface area contributed by atoms with E-state index in [1.807, 2.05) is 11.8 Å². The van der Waals surface area contributed by atoms with Crippen molar-refractivity contribution < 1.29 is 38.4 Å². The van der Waals surface area contributed by atoms with Gasteiger partial charge in [-0.25, -0.2) is 4.79 Å². The van der Waals surface area contributed by atoms with Crippen molar-refractivity contribution in [3.8, 4) is 0 Å². The molecule has 4 heterocycles. The molecule has 55 heavy (non-hydrogen) atoms. The number of fused-ring (bicyclic) bond motifs is 1. The number of benzene rings is 1. The zero-order valence-corrected chi connectivity index (χ0v) is 31.9. The normalized spacial score (nSPS) is 20.0. The molecular formula is C35H46N10O8S2. The number of unbranched alkanes of at least 4 members (excludes halogenated alkanes) is 1. The second-order valence-electron chi connectivity index (χ2n) is 13.4. The predicted octanol–water partition coefficient (Wildman–Crippen LogP) is -0.754. The van der Waals surface area contributed by atoms with Gasteiger partial charge in [0.2, 0.25) is 29.5 Å². The number of carbonyl (C=O) groups is 8. The summed E-state index contributed by atoms with van der Waals surface area (Å²) in [5.41, 5.74) is 1.29. The summed E-state index contributed by atoms with van der Waals surface area (Å²) in [4.78, 5) is 101. The molecule has 7 N–H and O–H groups in total. The molecule has 1 aromatic rings. The highest BCUT2D eigenvalue weighted by atomic mass is 32.2. The Morgan fingerprint density at radius 3 is 1.93 bits per heavy atom. The van der Waals surface area contributed by atoms with Crippen LogP contribution in [0.25, 0.3) is 0 Å². The largest absolute Gasteiger partial charge is 0.353 e. The van der Waals surface area contributed by atoms with E-state index in [2.05, 4.69) is 37.2 Å². The first-order valence-corrected chi connectivity index (χ1v) is 19.7. The van der Waals surface area contributed by atoms with Gasteiger partial charge in [-0.1, -0.05) is 6.42 Å². The molecule has 1 aromatic carbocycles. The molecule has 0 bridgehead atoms. The number of nitrogens with zero attached hydrogens (tertiary/aromatic N) is 3. The first kappa shape index (κ1) is 40.9. The van der Waals surface area contributed by atoms with Gasteiger partial charge in [0.1, 0.15) is 0 Å². The van der Waals surface area contributed by atoms with Crippen LogP contribution in [0.4, 0.5) is 16.2 Å². The van der Waals surface area contributed by atoms with E-state index < -0.39 is 17.7 Å². The van der Waals surface area contributed by atoms with Crippen LogP contribution in [0.5, 0.6) is 0 Å². The Labute approximate surface area is 327 Å². The summed E-state index contributed by atoms with van der Waals surface area (Å²) in [5, 5.41) is 20.3. The Morgan fingerprint density at radius 1 is 0.709 bits per heavy atom. The summed E-state index contributed by atoms with van der Waals surface area (Å²) in [7, 11) is 0. The average Bonchev–Trinajstić information content (AvgIpc) is 3.84. The Morgan fingerprint density at radius 2 is 1.29 bits per heavy atom. The van der Waals surface area contributed by atoms with Gasteiger partial charge in [-0.05, 0) is 55.7 Å². The lowest BCUT2D eigenvalue weighted by molar-refractivity contribution is -0.139. The maximum absolute atomic E-state index is 12.7. The van der Waals surface area contributed by atoms with Crippen molar-refractivity contribution >= 4 is 87.8 Å². The first-order chi connectivity index (χ1) is 26.4. The minimum Gasteiger partial charge on any atom is -0.353 e. The highest BCUT2D eigenvalue weighted by Gasteiger charge is 2.42. The molecule has 4 aliphatic rings. The molecule has 296 valence electrons. The summed E-state index contributed by atoms with van der Waals surface area (Å²) >= 11 is 7.14. The highest BCUT2D eigenvalue weighted by molar-refractivity contribution is 8.00. The molecule has 20 heteroatoms. The van der Waals surface area contributed by atoms with Crippen LogP contribution < -0.4 is 37.2 Å². The van der Waals surface area contributed by atoms with E-state index in [1.165, 1.54) is 12.2 Å². The van der Waals surface area contributed by atoms with Gasteiger partial charge < -0.3 is 47.0 Å². The zero-order valence-electron chi connectivity index (χ0n) is 30.2. The third-order valence-electron chi connectivity index (χ3n) is 9.46. The molecule has 0 radical (unpaired) electrons. The third kappa shape index (κ3) is 12.4. The number of hydrogen-bond acceptors (Lipinski definition) is 10. The summed E-state index contributed by atoms with van der Waals surface area (Å²) in [6, 6.07) is 7.24. The Kier molecular flexibility index (Phi) is 14.8. The second kappa shape index (κ2) is 19.9. The quantitative estimate of drug-likeness (QED) is 0.0447. The SMILES string of the molecule is O=C(CCCN1C(=O)C=CC1=O)NCC(=O)N1CCN(C(=O)CNC(=O)CNC(=S)Nc2ccc(NC(=O)CCCC[C@@H]3SCC4NC(=O)NC43)cc2)CC1. The van der Waals surface area contributed by atoms with E-state index in [0.717, 1.165) is 29.9 Å². The minimum atomic E-state index is -0.441. The third-order valence-corrected chi connectivity index (χ3v) is 11.2. The van der Waals surface area contributed by atoms with Crippen LogP contribution >= 0.6 is 24.0 Å². The number of piperazine rings is 1. The second-order valence-corrected chi connectivity index (χ2v) is 15.1. The van der Waals surface area contributed by atoms with Gasteiger partial charge in [0.05, 0.1) is 31.7 Å². The van der Waals surface area contributed by atoms with Crippen molar-refractivity contribution in [3.05, 3.63) is 36.4 Å². The molecule has 0 aromatic heterocycles. The Balaban J connectivity index is 0.875. The number of urea groups is 1. The number of anilines is 2. The number of thiocarbonyl (C=S) groups is 1. The Bertz CT molecular complexity index is 1670. The monoisotopic (exact) mass is 798 g/mol. The van der Waals surface area contributed by atoms with Crippen LogP contribution in [0.2, 0.25) is 0 Å². The summed E-state index contributed by atoms with van der Waals surface area (Å²) in [5.74, 6) is -1.39. The molecule has 4 aliphatic heterocycles. The molecule has 9 amide bonds. The van der Waals surface area contributed by atoms with E-state index in [4.69, 9.17) is 12.2 Å². The lowest BCUT2D eigenvalue weighted by Crippen LogP contribution is -2.54. The van der Waals surface area contributed by atoms with Gasteiger partial charge in [0, 0.05) is 80.1 Å². The van der Waals surface area contributed by atoms with Gasteiger partial charge in [0.15, 0.2) is 5.11 Å². The summed E-state index contributed by atoms with van der Waals surface area (Å²) in [6.45, 7) is 0.627. The zero-order chi connectivity index (χ0) is 39.3. The molecule has 0 spiro atoms. The fourth-order valence-electron chi connectivity index (χ4n) is 6.45. The van der Waals surface area contributed by atoms with Crippen LogP contribution in [0, 0.1) is 0 Å². The van der Waals surface area contributed by atoms with Crippen molar-refractivity contribution in [2.24, 2.45) is 0 Å². The molecule has 3 saturated heterocycles. The Hall–Kier alpha value is -5.24. The average molecular weight is 799 g/mol. The van der Waals surface area contributed by atoms with Crippen LogP contribution in [-0.4, -0.2) is 143 Å². The predicted molar refractivity (Wildman–Crippen MR) is 208 cm³/mol. The number of carbonyl (C=O) groups excluding carboxylic acids is 8. The van der Waals surface area contributed by atoms with Gasteiger partial charge in [-0.2, -0.15) is 11.8 Å². The number of imide groups is 1. The van der Waals surface area contributed by atoms with Gasteiger partial charge in [0.25, 0.3) is 11.8 Å². The van der Waals surface area contributed by atoms with E-state index in [-0.39, 0.29) is 112 Å². The molecule has 18 nitrogen and oxygen atoms in total. The number of thioether (sulfide) groups is 1. The van der Waals surface area contributed by atoms with Crippen molar-refractivity contribution in [1.82, 2.24) is 41.3 Å². The van der Waals surface area contributed by atoms with Crippen molar-refractivity contribution in [2.75, 3.05) is 68.7 Å². The van der Waals surface area contributed by atoms with Crippen molar-refractivity contribution in [1.29, 1.82) is 0 Å². The highest BCUT2D eigenvalue weighted by Crippen LogP contribution is 2.33. The van der Waals surface area contributed by atoms with Crippen molar-refractivity contribution in [2.45, 2.75) is 55.9 Å². The lowest BCUT2D eigenvalue weighted by atomic mass is 10.0. The molecule has 5 rings (SSSR count). The van der Waals surface area contributed by atoms with E-state index in [0.29, 0.717) is 23.0 Å². The number of hydrogen-bond donors (Lipinski definition) is 7. The van der Waals surface area contributed by atoms with Gasteiger partial charge in [-0.15, -0.1) is 0 Å². The smallest absolute Gasteiger partial charge is 0.315 e. The summed E-state index contributed by atoms with van der Waals surface area (Å²) < 4.78 is 0. The molecule has 2 unspecified atom stereocenters. The van der Waals surface area contributed by atoms with Crippen LogP contribution in [0.1, 0.15) is 38.5 Å². The molecule has 3 atom stereocenters. The van der Waals surface area contributed by atoms with Gasteiger partial charge >= 0.3 is 6.03 Å². The summed E-state index contributed by atoms with van der Waals surface area (Å²) in [6.07, 6.45) is 5.69. The lowest BCUT2D eigenvalue weighted by Gasteiger charge is -2.34. The number of rotatable bonds is 17. The van der Waals surface area contributed by atoms with Crippen LogP contribution in [-0.2, 0) is 33.6 Å². The molecule has 0 aliphatic carbocycles. The first-order valence-electron chi connectivity index (χ1n) is 18.2. The van der Waals surface area contributed by atoms with Gasteiger partial charge in [-0.3, -0.25) is 38.5 Å². The maximum atomic E-state index is 12.7. The number of amides is 9. The van der Waals surface area contributed by atoms with E-state index >= 15 is 0 Å². The maximum Gasteiger partial charge on any atom is 0.315 e. The molecular weight excluding hydrogens is 753 g/mol. The van der Waals surface area contributed by atoms with E-state index in [1.54, 1.807) is 34.1 Å². The number of nitrogens with one attached hydrogen (secondary N) is 7. The van der Waals surface area contributed by atoms with Crippen LogP contribution in [0.3, 0.4) is 0 Å². The standard InChI is InChI=1S/C35H46N10O8S2/c46-26(6-3-13-45-29(49)11-12-30(45)50)36-19-31(51)43-14-16-44(17-15-43)32(52)20-37-28(48)18-38-35(54)40-23-9-7-22(8-10-23)39-27(47)5-2-1-4-25-33-24(21-55-25)41-34(53)42-33/h7-12,24-25,33H,1-6,13-21H2,(H,36,46)(H,37,48)(H,39,47)(H2,38,40,54)(H2,41,42,53)/t24?,25-,33?/m0/s1. The topological polar surface area (TPSA) is 230 Å². The van der Waals surface area contributed by atoms with Crippen LogP contribution in [0.15, 0.2) is 36.4 Å². The fraction of sp³-hybridized carbons (Fsp3) is 0.514. The van der Waals surface area contributed by atoms with Crippen molar-refractivity contribution in [3.63, 3.8) is 0 Å². The van der Waals surface area contributed by atoms with E-state index in [9.17, 15) is 38.4 Å². The minimum absolute atomic E-state index is 0.0539. The molecule has 3 fully saturated rings.